The van der Waals surface area contributed by atoms with Crippen molar-refractivity contribution in [3.8, 4) is 0 Å². The summed E-state index contributed by atoms with van der Waals surface area (Å²) in [5.74, 6) is 0.595. The highest BCUT2D eigenvalue weighted by Gasteiger charge is 2.49. The second-order valence-electron chi connectivity index (χ2n) is 6.63. The van der Waals surface area contributed by atoms with E-state index in [1.165, 1.54) is 4.31 Å². The largest absolute Gasteiger partial charge is 0.378 e. The Kier molecular flexibility index (Phi) is 5.05. The van der Waals surface area contributed by atoms with Crippen LogP contribution < -0.4 is 5.32 Å². The fourth-order valence-corrected chi connectivity index (χ4v) is 4.83. The minimum absolute atomic E-state index is 0.129. The summed E-state index contributed by atoms with van der Waals surface area (Å²) in [4.78, 5) is 8.31. The molecule has 0 radical (unpaired) electrons. The number of aromatic nitrogens is 2. The molecule has 8 nitrogen and oxygen atoms in total. The molecule has 1 aromatic heterocycles. The molecule has 0 aliphatic carbocycles. The van der Waals surface area contributed by atoms with Crippen LogP contribution in [-0.4, -0.2) is 73.4 Å². The fourth-order valence-electron chi connectivity index (χ4n) is 3.61. The Bertz CT molecular complexity index is 654. The van der Waals surface area contributed by atoms with Gasteiger partial charge in [0.2, 0.25) is 5.95 Å². The average Bonchev–Trinajstić information content (AvgIpc) is 2.98. The van der Waals surface area contributed by atoms with Gasteiger partial charge in [-0.25, -0.2) is 9.97 Å². The van der Waals surface area contributed by atoms with Gasteiger partial charge >= 0.3 is 0 Å². The summed E-state index contributed by atoms with van der Waals surface area (Å²) in [6.07, 6.45) is 5.98. The van der Waals surface area contributed by atoms with Crippen LogP contribution in [0.4, 0.5) is 5.95 Å². The molecule has 0 unspecified atom stereocenters. The minimum atomic E-state index is -3.39. The number of hydrogen-bond donors (Lipinski definition) is 1. The highest BCUT2D eigenvalue weighted by molar-refractivity contribution is 7.86. The Morgan fingerprint density at radius 1 is 1.42 bits per heavy atom. The first-order valence-corrected chi connectivity index (χ1v) is 9.64. The lowest BCUT2D eigenvalue weighted by atomic mass is 9.74. The van der Waals surface area contributed by atoms with E-state index in [0.29, 0.717) is 32.2 Å². The van der Waals surface area contributed by atoms with E-state index >= 15 is 0 Å². The molecule has 0 saturated carbocycles. The number of anilines is 1. The van der Waals surface area contributed by atoms with E-state index in [9.17, 15) is 8.42 Å². The van der Waals surface area contributed by atoms with Crippen LogP contribution in [0.3, 0.4) is 0 Å². The maximum atomic E-state index is 12.5. The van der Waals surface area contributed by atoms with E-state index in [-0.39, 0.29) is 11.5 Å². The molecule has 3 heterocycles. The second-order valence-corrected chi connectivity index (χ2v) is 8.78. The highest BCUT2D eigenvalue weighted by atomic mass is 32.2. The lowest BCUT2D eigenvalue weighted by molar-refractivity contribution is 0.000634. The van der Waals surface area contributed by atoms with E-state index in [1.807, 2.05) is 0 Å². The number of rotatable bonds is 6. The van der Waals surface area contributed by atoms with Crippen molar-refractivity contribution in [2.24, 2.45) is 5.41 Å². The molecular weight excluding hydrogens is 330 g/mol. The topological polar surface area (TPSA) is 87.7 Å². The molecule has 1 aromatic rings. The van der Waals surface area contributed by atoms with E-state index in [1.54, 1.807) is 36.9 Å². The van der Waals surface area contributed by atoms with Crippen LogP contribution in [-0.2, 0) is 14.9 Å². The van der Waals surface area contributed by atoms with E-state index < -0.39 is 10.2 Å². The van der Waals surface area contributed by atoms with Gasteiger partial charge in [-0.2, -0.15) is 17.0 Å². The van der Waals surface area contributed by atoms with Gasteiger partial charge in [-0.1, -0.05) is 0 Å². The maximum Gasteiger partial charge on any atom is 0.281 e. The number of nitrogens with zero attached hydrogens (tertiary/aromatic N) is 4. The molecule has 2 atom stereocenters. The second kappa shape index (κ2) is 6.91. The molecule has 3 rings (SSSR count). The van der Waals surface area contributed by atoms with Crippen molar-refractivity contribution in [3.63, 3.8) is 0 Å². The van der Waals surface area contributed by atoms with Gasteiger partial charge in [0.25, 0.3) is 10.2 Å². The third-order valence-corrected chi connectivity index (χ3v) is 6.88. The van der Waals surface area contributed by atoms with E-state index in [2.05, 4.69) is 15.3 Å². The standard InChI is InChI=1S/C15H25N5O3S/c1-19(2)24(21,22)20-10-4-13-15(12-20,6-11-23-13)5-9-18-14-16-7-3-8-17-14/h3,7-8,13H,4-6,9-12H2,1-2H3,(H,16,17,18)/t13-,15+/m1/s1. The number of piperidine rings is 1. The van der Waals surface area contributed by atoms with Crippen LogP contribution in [0.1, 0.15) is 19.3 Å². The minimum Gasteiger partial charge on any atom is -0.378 e. The molecule has 0 spiro atoms. The smallest absolute Gasteiger partial charge is 0.281 e. The van der Waals surface area contributed by atoms with Gasteiger partial charge in [0.15, 0.2) is 0 Å². The Balaban J connectivity index is 1.68. The van der Waals surface area contributed by atoms with Gasteiger partial charge in [0.1, 0.15) is 0 Å². The monoisotopic (exact) mass is 355 g/mol. The summed E-state index contributed by atoms with van der Waals surface area (Å²) >= 11 is 0. The van der Waals surface area contributed by atoms with E-state index in [4.69, 9.17) is 4.74 Å². The predicted octanol–water partition coefficient (Wildman–Crippen LogP) is 0.566. The molecule has 1 N–H and O–H groups in total. The molecular formula is C15H25N5O3S. The zero-order valence-corrected chi connectivity index (χ0v) is 15.0. The van der Waals surface area contributed by atoms with Crippen LogP contribution >= 0.6 is 0 Å². The zero-order chi connectivity index (χ0) is 17.2. The molecule has 2 saturated heterocycles. The van der Waals surface area contributed by atoms with Gasteiger partial charge in [-0.15, -0.1) is 0 Å². The first-order valence-electron chi connectivity index (χ1n) is 8.24. The number of nitrogens with one attached hydrogen (secondary N) is 1. The first-order chi connectivity index (χ1) is 11.4. The maximum absolute atomic E-state index is 12.5. The van der Waals surface area contributed by atoms with Crippen molar-refractivity contribution >= 4 is 16.2 Å². The van der Waals surface area contributed by atoms with Crippen molar-refractivity contribution in [1.82, 2.24) is 18.6 Å². The first kappa shape index (κ1) is 17.5. The summed E-state index contributed by atoms with van der Waals surface area (Å²) in [5, 5.41) is 3.22. The predicted molar refractivity (Wildman–Crippen MR) is 90.7 cm³/mol. The van der Waals surface area contributed by atoms with Gasteiger partial charge in [0, 0.05) is 58.1 Å². The molecule has 24 heavy (non-hydrogen) atoms. The molecule has 2 aliphatic rings. The third kappa shape index (κ3) is 3.39. The zero-order valence-electron chi connectivity index (χ0n) is 14.2. The normalized spacial score (nSPS) is 28.0. The highest BCUT2D eigenvalue weighted by Crippen LogP contribution is 2.44. The summed E-state index contributed by atoms with van der Waals surface area (Å²) < 4.78 is 33.7. The van der Waals surface area contributed by atoms with Crippen molar-refractivity contribution in [1.29, 1.82) is 0 Å². The quantitative estimate of drug-likeness (QED) is 0.802. The Hall–Kier alpha value is -1.29. The Morgan fingerprint density at radius 3 is 2.88 bits per heavy atom. The fraction of sp³-hybridized carbons (Fsp3) is 0.733. The van der Waals surface area contributed by atoms with Gasteiger partial charge in [-0.3, -0.25) is 0 Å². The summed E-state index contributed by atoms with van der Waals surface area (Å²) in [5.41, 5.74) is -0.136. The molecule has 0 amide bonds. The summed E-state index contributed by atoms with van der Waals surface area (Å²) in [6.45, 7) is 2.42. The Morgan fingerprint density at radius 2 is 2.17 bits per heavy atom. The molecule has 0 bridgehead atoms. The van der Waals surface area contributed by atoms with Crippen LogP contribution in [0, 0.1) is 5.41 Å². The lowest BCUT2D eigenvalue weighted by Crippen LogP contribution is -2.54. The number of ether oxygens (including phenoxy) is 1. The van der Waals surface area contributed by atoms with Crippen LogP contribution in [0.25, 0.3) is 0 Å². The molecule has 9 heteroatoms. The Labute approximate surface area is 143 Å². The van der Waals surface area contributed by atoms with Gasteiger partial charge in [-0.05, 0) is 25.3 Å². The van der Waals surface area contributed by atoms with Crippen molar-refractivity contribution in [2.45, 2.75) is 25.4 Å². The number of fused-ring (bicyclic) bond motifs is 1. The van der Waals surface area contributed by atoms with Crippen LogP contribution in [0.15, 0.2) is 18.5 Å². The molecule has 134 valence electrons. The summed E-state index contributed by atoms with van der Waals surface area (Å²) in [6, 6.07) is 1.77. The van der Waals surface area contributed by atoms with Crippen LogP contribution in [0.2, 0.25) is 0 Å². The third-order valence-electron chi connectivity index (χ3n) is 4.99. The molecule has 2 aliphatic heterocycles. The van der Waals surface area contributed by atoms with Crippen molar-refractivity contribution in [3.05, 3.63) is 18.5 Å². The number of hydrogen-bond acceptors (Lipinski definition) is 6. The molecule has 0 aromatic carbocycles. The van der Waals surface area contributed by atoms with Gasteiger partial charge < -0.3 is 10.1 Å². The SMILES string of the molecule is CN(C)S(=O)(=O)N1CC[C@H]2OCC[C@@]2(CCNc2ncccn2)C1. The van der Waals surface area contributed by atoms with E-state index in [0.717, 1.165) is 19.3 Å². The van der Waals surface area contributed by atoms with Crippen LogP contribution in [0.5, 0.6) is 0 Å². The lowest BCUT2D eigenvalue weighted by Gasteiger charge is -2.43. The average molecular weight is 355 g/mol. The van der Waals surface area contributed by atoms with Crippen molar-refractivity contribution < 1.29 is 13.2 Å². The molecule has 2 fully saturated rings. The van der Waals surface area contributed by atoms with Crippen molar-refractivity contribution in [2.75, 3.05) is 45.7 Å². The summed E-state index contributed by atoms with van der Waals surface area (Å²) in [7, 11) is -0.234. The van der Waals surface area contributed by atoms with Gasteiger partial charge in [0.05, 0.1) is 6.10 Å².